The Hall–Kier alpha value is -3.00. The Balaban J connectivity index is 2.23. The van der Waals surface area contributed by atoms with E-state index >= 15 is 4.39 Å². The van der Waals surface area contributed by atoms with E-state index in [0.29, 0.717) is 16.9 Å². The number of carbonyl (C=O) groups excluding carboxylic acids is 1. The molecule has 2 aromatic heterocycles. The fourth-order valence-corrected chi connectivity index (χ4v) is 3.32. The molecule has 1 N–H and O–H groups in total. The van der Waals surface area contributed by atoms with E-state index in [4.69, 9.17) is 0 Å². The van der Waals surface area contributed by atoms with Gasteiger partial charge in [-0.2, -0.15) is 0 Å². The highest BCUT2D eigenvalue weighted by atomic mass is 79.9. The highest BCUT2D eigenvalue weighted by Crippen LogP contribution is 2.28. The first-order valence-electron chi connectivity index (χ1n) is 8.72. The zero-order valence-corrected chi connectivity index (χ0v) is 17.9. The molecule has 8 heteroatoms. The molecule has 1 amide bonds. The summed E-state index contributed by atoms with van der Waals surface area (Å²) in [5.41, 5.74) is 1.64. The van der Waals surface area contributed by atoms with E-state index < -0.39 is 17.3 Å². The molecule has 3 rings (SSSR count). The number of benzene rings is 1. The number of rotatable bonds is 3. The van der Waals surface area contributed by atoms with Gasteiger partial charge in [-0.25, -0.2) is 4.39 Å². The fourth-order valence-electron chi connectivity index (χ4n) is 3.03. The Kier molecular flexibility index (Phi) is 5.57. The second kappa shape index (κ2) is 7.79. The third kappa shape index (κ3) is 3.67. The van der Waals surface area contributed by atoms with Crippen LogP contribution in [0.2, 0.25) is 0 Å². The number of aromatic nitrogens is 2. The molecule has 0 saturated heterocycles. The molecular formula is C21H19BrFN3O3. The summed E-state index contributed by atoms with van der Waals surface area (Å²) >= 11 is 3.10. The predicted molar refractivity (Wildman–Crippen MR) is 112 cm³/mol. The average molecular weight is 460 g/mol. The summed E-state index contributed by atoms with van der Waals surface area (Å²) in [6.07, 6.45) is 1.54. The van der Waals surface area contributed by atoms with Crippen LogP contribution in [0.1, 0.15) is 21.6 Å². The first-order valence-corrected chi connectivity index (χ1v) is 9.51. The van der Waals surface area contributed by atoms with Crippen LogP contribution >= 0.6 is 15.9 Å². The lowest BCUT2D eigenvalue weighted by atomic mass is 10.0. The van der Waals surface area contributed by atoms with Crippen molar-refractivity contribution in [3.63, 3.8) is 0 Å². The van der Waals surface area contributed by atoms with Crippen LogP contribution in [0.5, 0.6) is 5.75 Å². The Labute approximate surface area is 175 Å². The molecule has 6 nitrogen and oxygen atoms in total. The largest absolute Gasteiger partial charge is 0.506 e. The highest BCUT2D eigenvalue weighted by Gasteiger charge is 2.20. The minimum atomic E-state index is -0.676. The third-order valence-corrected chi connectivity index (χ3v) is 5.29. The summed E-state index contributed by atoms with van der Waals surface area (Å²) in [7, 11) is 3.10. The summed E-state index contributed by atoms with van der Waals surface area (Å²) in [5, 5.41) is 9.86. The lowest BCUT2D eigenvalue weighted by Gasteiger charge is -2.16. The van der Waals surface area contributed by atoms with Gasteiger partial charge in [-0.1, -0.05) is 6.07 Å². The normalized spacial score (nSPS) is 10.8. The number of halogens is 2. The molecule has 0 spiro atoms. The number of hydrogen-bond acceptors (Lipinski definition) is 4. The van der Waals surface area contributed by atoms with Gasteiger partial charge in [0.25, 0.3) is 11.5 Å². The van der Waals surface area contributed by atoms with Crippen molar-refractivity contribution in [3.8, 4) is 22.7 Å². The maximum atomic E-state index is 15.1. The minimum Gasteiger partial charge on any atom is -0.506 e. The summed E-state index contributed by atoms with van der Waals surface area (Å²) in [6, 6.07) is 7.59. The second-order valence-corrected chi connectivity index (χ2v) is 7.64. The van der Waals surface area contributed by atoms with Crippen LogP contribution < -0.4 is 5.56 Å². The lowest BCUT2D eigenvalue weighted by molar-refractivity contribution is 0.0823. The predicted octanol–water partition coefficient (Wildman–Crippen LogP) is 3.83. The molecule has 0 aliphatic heterocycles. The number of carbonyl (C=O) groups is 1. The van der Waals surface area contributed by atoms with Crippen molar-refractivity contribution in [1.82, 2.24) is 14.5 Å². The first kappa shape index (κ1) is 20.7. The smallest absolute Gasteiger partial charge is 0.273 e. The molecule has 150 valence electrons. The molecule has 0 atom stereocenters. The van der Waals surface area contributed by atoms with Crippen LogP contribution in [0, 0.1) is 19.7 Å². The van der Waals surface area contributed by atoms with Crippen molar-refractivity contribution >= 4 is 21.8 Å². The molecule has 1 aromatic carbocycles. The maximum absolute atomic E-state index is 15.1. The summed E-state index contributed by atoms with van der Waals surface area (Å²) in [4.78, 5) is 30.5. The van der Waals surface area contributed by atoms with Crippen molar-refractivity contribution < 1.29 is 14.3 Å². The van der Waals surface area contributed by atoms with Gasteiger partial charge >= 0.3 is 0 Å². The molecule has 0 aliphatic carbocycles. The van der Waals surface area contributed by atoms with Gasteiger partial charge in [-0.15, -0.1) is 0 Å². The molecular weight excluding hydrogens is 441 g/mol. The zero-order chi connectivity index (χ0) is 21.5. The van der Waals surface area contributed by atoms with Gasteiger partial charge in [-0.05, 0) is 53.5 Å². The molecule has 0 saturated carbocycles. The van der Waals surface area contributed by atoms with Crippen molar-refractivity contribution in [3.05, 3.63) is 74.0 Å². The number of amides is 1. The fraction of sp³-hybridized carbons (Fsp3) is 0.190. The Bertz CT molecular complexity index is 1190. The Morgan fingerprint density at radius 1 is 1.24 bits per heavy atom. The molecule has 0 unspecified atom stereocenters. The Morgan fingerprint density at radius 3 is 2.59 bits per heavy atom. The van der Waals surface area contributed by atoms with E-state index in [1.54, 1.807) is 40.1 Å². The van der Waals surface area contributed by atoms with E-state index in [9.17, 15) is 14.7 Å². The monoisotopic (exact) mass is 459 g/mol. The first-order chi connectivity index (χ1) is 13.6. The molecule has 3 aromatic rings. The number of aromatic hydroxyl groups is 1. The minimum absolute atomic E-state index is 0.0330. The molecule has 2 heterocycles. The highest BCUT2D eigenvalue weighted by molar-refractivity contribution is 9.10. The molecule has 0 radical (unpaired) electrons. The SMILES string of the molecule is Cc1cnc(-c2cccc(C(=O)N(C)C)c2F)cc1-n1c(C)cc(O)c(Br)c1=O. The zero-order valence-electron chi connectivity index (χ0n) is 16.3. The van der Waals surface area contributed by atoms with Crippen LogP contribution in [0.15, 0.2) is 45.8 Å². The van der Waals surface area contributed by atoms with E-state index in [1.165, 1.54) is 33.9 Å². The van der Waals surface area contributed by atoms with Gasteiger partial charge in [0.1, 0.15) is 16.0 Å². The summed E-state index contributed by atoms with van der Waals surface area (Å²) < 4.78 is 16.5. The van der Waals surface area contributed by atoms with Gasteiger partial charge in [0.15, 0.2) is 0 Å². The number of hydrogen-bond donors (Lipinski definition) is 1. The average Bonchev–Trinajstić information content (AvgIpc) is 2.67. The maximum Gasteiger partial charge on any atom is 0.273 e. The molecule has 0 bridgehead atoms. The molecule has 0 fully saturated rings. The molecule has 29 heavy (non-hydrogen) atoms. The van der Waals surface area contributed by atoms with E-state index in [-0.39, 0.29) is 27.0 Å². The van der Waals surface area contributed by atoms with Gasteiger partial charge in [0.05, 0.1) is 16.9 Å². The lowest BCUT2D eigenvalue weighted by Crippen LogP contribution is -2.23. The van der Waals surface area contributed by atoms with Gasteiger partial charge in [-0.3, -0.25) is 19.1 Å². The number of nitrogens with zero attached hydrogens (tertiary/aromatic N) is 3. The van der Waals surface area contributed by atoms with Crippen molar-refractivity contribution in [1.29, 1.82) is 0 Å². The van der Waals surface area contributed by atoms with Crippen molar-refractivity contribution in [2.24, 2.45) is 0 Å². The van der Waals surface area contributed by atoms with Crippen molar-refractivity contribution in [2.75, 3.05) is 14.1 Å². The second-order valence-electron chi connectivity index (χ2n) is 6.85. The topological polar surface area (TPSA) is 75.4 Å². The standard InChI is InChI=1S/C21H19BrFN3O3/c1-11-10-24-15(13-6-5-7-14(19(13)23)20(28)25(3)4)9-16(11)26-12(2)8-17(27)18(22)21(26)29/h5-10,27H,1-4H3. The van der Waals surface area contributed by atoms with E-state index in [1.807, 2.05) is 0 Å². The summed E-state index contributed by atoms with van der Waals surface area (Å²) in [5.74, 6) is -1.28. The van der Waals surface area contributed by atoms with Crippen molar-refractivity contribution in [2.45, 2.75) is 13.8 Å². The Morgan fingerprint density at radius 2 is 1.93 bits per heavy atom. The van der Waals surface area contributed by atoms with E-state index in [2.05, 4.69) is 20.9 Å². The van der Waals surface area contributed by atoms with Gasteiger partial charge in [0, 0.05) is 37.6 Å². The van der Waals surface area contributed by atoms with Crippen LogP contribution in [0.4, 0.5) is 4.39 Å². The molecule has 0 aliphatic rings. The van der Waals surface area contributed by atoms with E-state index in [0.717, 1.165) is 0 Å². The van der Waals surface area contributed by atoms with Crippen LogP contribution in [-0.4, -0.2) is 39.6 Å². The van der Waals surface area contributed by atoms with Crippen LogP contribution in [-0.2, 0) is 0 Å². The third-order valence-electron chi connectivity index (χ3n) is 4.54. The van der Waals surface area contributed by atoms with Crippen LogP contribution in [0.25, 0.3) is 16.9 Å². The number of pyridine rings is 2. The quantitative estimate of drug-likeness (QED) is 0.645. The number of aryl methyl sites for hydroxylation is 2. The van der Waals surface area contributed by atoms with Gasteiger partial charge in [0.2, 0.25) is 0 Å². The summed E-state index contributed by atoms with van der Waals surface area (Å²) in [6.45, 7) is 3.46. The van der Waals surface area contributed by atoms with Crippen LogP contribution in [0.3, 0.4) is 0 Å². The van der Waals surface area contributed by atoms with Gasteiger partial charge < -0.3 is 10.0 Å².